The van der Waals surface area contributed by atoms with Gasteiger partial charge in [0, 0.05) is 17.2 Å². The topological polar surface area (TPSA) is 69.0 Å². The Labute approximate surface area is 170 Å². The molecular formula is C19H19BrN4O2S. The molecular weight excluding hydrogens is 428 g/mol. The second-order valence-corrected chi connectivity index (χ2v) is 7.76. The quantitative estimate of drug-likeness (QED) is 0.550. The van der Waals surface area contributed by atoms with Crippen LogP contribution in [0.3, 0.4) is 0 Å². The number of hydrogen-bond donors (Lipinski definition) is 1. The van der Waals surface area contributed by atoms with Gasteiger partial charge in [0.1, 0.15) is 12.4 Å². The van der Waals surface area contributed by atoms with E-state index < -0.39 is 0 Å². The number of hydrogen-bond acceptors (Lipinski definition) is 5. The highest BCUT2D eigenvalue weighted by Gasteiger charge is 2.12. The summed E-state index contributed by atoms with van der Waals surface area (Å²) in [6.07, 6.45) is 0. The number of halogens is 1. The van der Waals surface area contributed by atoms with Crippen LogP contribution < -0.4 is 10.1 Å². The van der Waals surface area contributed by atoms with Crippen molar-refractivity contribution in [2.75, 3.05) is 11.1 Å². The highest BCUT2D eigenvalue weighted by Crippen LogP contribution is 2.19. The van der Waals surface area contributed by atoms with Gasteiger partial charge >= 0.3 is 0 Å². The molecule has 27 heavy (non-hydrogen) atoms. The van der Waals surface area contributed by atoms with Crippen molar-refractivity contribution >= 4 is 39.3 Å². The molecule has 6 nitrogen and oxygen atoms in total. The molecule has 1 N–H and O–H groups in total. The minimum Gasteiger partial charge on any atom is -0.486 e. The zero-order valence-corrected chi connectivity index (χ0v) is 17.4. The van der Waals surface area contributed by atoms with E-state index in [0.29, 0.717) is 17.6 Å². The summed E-state index contributed by atoms with van der Waals surface area (Å²) in [5, 5.41) is 11.8. The Kier molecular flexibility index (Phi) is 6.52. The Balaban J connectivity index is 1.52. The van der Waals surface area contributed by atoms with Gasteiger partial charge in [0.25, 0.3) is 0 Å². The lowest BCUT2D eigenvalue weighted by molar-refractivity contribution is -0.113. The molecule has 2 aromatic carbocycles. The molecule has 0 saturated heterocycles. The zero-order chi connectivity index (χ0) is 19.2. The molecule has 0 spiro atoms. The Bertz CT molecular complexity index is 928. The predicted molar refractivity (Wildman–Crippen MR) is 110 cm³/mol. The third kappa shape index (κ3) is 5.58. The van der Waals surface area contributed by atoms with Gasteiger partial charge in [-0.25, -0.2) is 0 Å². The van der Waals surface area contributed by atoms with Crippen molar-refractivity contribution in [3.05, 3.63) is 64.4 Å². The van der Waals surface area contributed by atoms with Gasteiger partial charge in [-0.15, -0.1) is 10.2 Å². The molecule has 8 heteroatoms. The van der Waals surface area contributed by atoms with E-state index in [1.165, 1.54) is 17.3 Å². The second kappa shape index (κ2) is 9.05. The van der Waals surface area contributed by atoms with Crippen molar-refractivity contribution in [1.29, 1.82) is 0 Å². The van der Waals surface area contributed by atoms with E-state index in [4.69, 9.17) is 4.74 Å². The van der Waals surface area contributed by atoms with Gasteiger partial charge in [0.2, 0.25) is 5.91 Å². The number of rotatable bonds is 7. The maximum Gasteiger partial charge on any atom is 0.234 e. The Morgan fingerprint density at radius 1 is 1.22 bits per heavy atom. The van der Waals surface area contributed by atoms with E-state index in [-0.39, 0.29) is 11.7 Å². The first kappa shape index (κ1) is 19.4. The van der Waals surface area contributed by atoms with Crippen LogP contribution in [0.2, 0.25) is 0 Å². The summed E-state index contributed by atoms with van der Waals surface area (Å²) >= 11 is 4.72. The van der Waals surface area contributed by atoms with Gasteiger partial charge in [-0.05, 0) is 37.3 Å². The molecule has 0 atom stereocenters. The average Bonchev–Trinajstić information content (AvgIpc) is 2.99. The molecule has 0 aliphatic heterocycles. The van der Waals surface area contributed by atoms with Crippen molar-refractivity contribution in [3.63, 3.8) is 0 Å². The van der Waals surface area contributed by atoms with Gasteiger partial charge in [0.15, 0.2) is 11.0 Å². The summed E-state index contributed by atoms with van der Waals surface area (Å²) in [7, 11) is 1.86. The van der Waals surface area contributed by atoms with Crippen molar-refractivity contribution in [2.24, 2.45) is 7.05 Å². The smallest absolute Gasteiger partial charge is 0.234 e. The van der Waals surface area contributed by atoms with Crippen LogP contribution in [-0.2, 0) is 18.4 Å². The molecule has 3 aromatic rings. The van der Waals surface area contributed by atoms with Crippen molar-refractivity contribution < 1.29 is 9.53 Å². The summed E-state index contributed by atoms with van der Waals surface area (Å²) in [6, 6.07) is 15.3. The SMILES string of the molecule is Cc1ccc(OCc2nnc(SCC(=O)Nc3cccc(Br)c3)n2C)cc1. The third-order valence-corrected chi connectivity index (χ3v) is 5.27. The summed E-state index contributed by atoms with van der Waals surface area (Å²) < 4.78 is 8.50. The molecule has 0 radical (unpaired) electrons. The fourth-order valence-corrected chi connectivity index (χ4v) is 3.40. The molecule has 1 amide bonds. The first-order chi connectivity index (χ1) is 13.0. The van der Waals surface area contributed by atoms with Gasteiger partial charge in [-0.3, -0.25) is 4.79 Å². The molecule has 0 aliphatic carbocycles. The fraction of sp³-hybridized carbons (Fsp3) is 0.211. The number of amides is 1. The Hall–Kier alpha value is -2.32. The molecule has 0 bridgehead atoms. The summed E-state index contributed by atoms with van der Waals surface area (Å²) in [5.41, 5.74) is 1.93. The molecule has 0 saturated carbocycles. The monoisotopic (exact) mass is 446 g/mol. The van der Waals surface area contributed by atoms with Gasteiger partial charge in [0.05, 0.1) is 5.75 Å². The minimum absolute atomic E-state index is 0.0986. The van der Waals surface area contributed by atoms with Gasteiger partial charge < -0.3 is 14.6 Å². The van der Waals surface area contributed by atoms with Crippen molar-refractivity contribution in [1.82, 2.24) is 14.8 Å². The highest BCUT2D eigenvalue weighted by atomic mass is 79.9. The van der Waals surface area contributed by atoms with Crippen LogP contribution in [0.5, 0.6) is 5.75 Å². The number of benzene rings is 2. The molecule has 3 rings (SSSR count). The van der Waals surface area contributed by atoms with E-state index in [0.717, 1.165) is 15.9 Å². The lowest BCUT2D eigenvalue weighted by atomic mass is 10.2. The first-order valence-corrected chi connectivity index (χ1v) is 10.0. The number of aromatic nitrogens is 3. The number of carbonyl (C=O) groups is 1. The first-order valence-electron chi connectivity index (χ1n) is 8.27. The van der Waals surface area contributed by atoms with Crippen LogP contribution in [0.4, 0.5) is 5.69 Å². The van der Waals surface area contributed by atoms with Crippen LogP contribution in [0.1, 0.15) is 11.4 Å². The van der Waals surface area contributed by atoms with Crippen LogP contribution >= 0.6 is 27.7 Å². The van der Waals surface area contributed by atoms with Crippen LogP contribution in [0.25, 0.3) is 0 Å². The molecule has 0 unspecified atom stereocenters. The maximum absolute atomic E-state index is 12.1. The number of aryl methyl sites for hydroxylation is 1. The second-order valence-electron chi connectivity index (χ2n) is 5.91. The van der Waals surface area contributed by atoms with Crippen molar-refractivity contribution in [2.45, 2.75) is 18.7 Å². The zero-order valence-electron chi connectivity index (χ0n) is 15.0. The van der Waals surface area contributed by atoms with Crippen LogP contribution in [-0.4, -0.2) is 26.4 Å². The molecule has 1 aromatic heterocycles. The standard InChI is InChI=1S/C19H19BrN4O2S/c1-13-6-8-16(9-7-13)26-11-17-22-23-19(24(17)2)27-12-18(25)21-15-5-3-4-14(20)10-15/h3-10H,11-12H2,1-2H3,(H,21,25). The van der Waals surface area contributed by atoms with E-state index in [1.54, 1.807) is 0 Å². The van der Waals surface area contributed by atoms with E-state index in [1.807, 2.05) is 67.1 Å². The highest BCUT2D eigenvalue weighted by molar-refractivity contribution is 9.10. The molecule has 140 valence electrons. The number of nitrogens with zero attached hydrogens (tertiary/aromatic N) is 3. The largest absolute Gasteiger partial charge is 0.486 e. The Morgan fingerprint density at radius 3 is 2.74 bits per heavy atom. The normalized spacial score (nSPS) is 10.6. The van der Waals surface area contributed by atoms with Crippen LogP contribution in [0, 0.1) is 6.92 Å². The number of ether oxygens (including phenoxy) is 1. The molecule has 1 heterocycles. The number of carbonyl (C=O) groups excluding carboxylic acids is 1. The van der Waals surface area contributed by atoms with E-state index >= 15 is 0 Å². The number of anilines is 1. The van der Waals surface area contributed by atoms with Crippen molar-refractivity contribution in [3.8, 4) is 5.75 Å². The summed E-state index contributed by atoms with van der Waals surface area (Å²) in [5.74, 6) is 1.63. The van der Waals surface area contributed by atoms with Crippen LogP contribution in [0.15, 0.2) is 58.2 Å². The minimum atomic E-state index is -0.0986. The van der Waals surface area contributed by atoms with Gasteiger partial charge in [-0.2, -0.15) is 0 Å². The van der Waals surface area contributed by atoms with E-state index in [9.17, 15) is 4.79 Å². The Morgan fingerprint density at radius 2 is 2.00 bits per heavy atom. The summed E-state index contributed by atoms with van der Waals surface area (Å²) in [4.78, 5) is 12.1. The lowest BCUT2D eigenvalue weighted by Gasteiger charge is -2.07. The predicted octanol–water partition coefficient (Wildman–Crippen LogP) is 4.20. The summed E-state index contributed by atoms with van der Waals surface area (Å²) in [6.45, 7) is 2.35. The average molecular weight is 447 g/mol. The number of nitrogens with one attached hydrogen (secondary N) is 1. The maximum atomic E-state index is 12.1. The van der Waals surface area contributed by atoms with Gasteiger partial charge in [-0.1, -0.05) is 51.5 Å². The third-order valence-electron chi connectivity index (χ3n) is 3.75. The molecule has 0 aliphatic rings. The lowest BCUT2D eigenvalue weighted by Crippen LogP contribution is -2.14. The van der Waals surface area contributed by atoms with E-state index in [2.05, 4.69) is 31.4 Å². The fourth-order valence-electron chi connectivity index (χ4n) is 2.27. The number of thioether (sulfide) groups is 1. The molecule has 0 fully saturated rings.